The molecule has 1 aromatic carbocycles. The molecule has 4 nitrogen and oxygen atoms in total. The Morgan fingerprint density at radius 1 is 1.41 bits per heavy atom. The molecule has 92 valence electrons. The predicted octanol–water partition coefficient (Wildman–Crippen LogP) is 2.29. The van der Waals surface area contributed by atoms with Gasteiger partial charge in [-0.15, -0.1) is 0 Å². The average molecular weight is 236 g/mol. The van der Waals surface area contributed by atoms with Crippen LogP contribution in [0, 0.1) is 0 Å². The lowest BCUT2D eigenvalue weighted by Crippen LogP contribution is -2.14. The molecule has 0 saturated carbocycles. The minimum Gasteiger partial charge on any atom is -0.496 e. The van der Waals surface area contributed by atoms with Gasteiger partial charge in [0.25, 0.3) is 0 Å². The number of aromatic carboxylic acids is 1. The first-order chi connectivity index (χ1) is 8.22. The summed E-state index contributed by atoms with van der Waals surface area (Å²) < 4.78 is 10.4. The van der Waals surface area contributed by atoms with Gasteiger partial charge in [0.1, 0.15) is 11.3 Å². The molecule has 1 aliphatic heterocycles. The molecule has 1 aromatic rings. The van der Waals surface area contributed by atoms with Crippen LogP contribution >= 0.6 is 0 Å². The van der Waals surface area contributed by atoms with Crippen LogP contribution in [-0.4, -0.2) is 31.4 Å². The van der Waals surface area contributed by atoms with Crippen LogP contribution in [0.4, 0.5) is 0 Å². The van der Waals surface area contributed by atoms with Crippen LogP contribution in [-0.2, 0) is 4.74 Å². The molecule has 0 spiro atoms. The lowest BCUT2D eigenvalue weighted by Gasteiger charge is -2.23. The number of methoxy groups -OCH3 is 1. The fourth-order valence-electron chi connectivity index (χ4n) is 2.17. The third-order valence-corrected chi connectivity index (χ3v) is 3.15. The third-order valence-electron chi connectivity index (χ3n) is 3.15. The molecule has 1 aliphatic rings. The van der Waals surface area contributed by atoms with Crippen molar-refractivity contribution in [1.82, 2.24) is 0 Å². The number of hydrogen-bond acceptors (Lipinski definition) is 3. The molecule has 1 heterocycles. The molecule has 1 fully saturated rings. The first-order valence-corrected chi connectivity index (χ1v) is 5.71. The number of hydrogen-bond donors (Lipinski definition) is 1. The van der Waals surface area contributed by atoms with E-state index in [0.29, 0.717) is 11.7 Å². The molecular weight excluding hydrogens is 220 g/mol. The zero-order valence-electron chi connectivity index (χ0n) is 9.81. The molecule has 1 N–H and O–H groups in total. The second kappa shape index (κ2) is 5.19. The van der Waals surface area contributed by atoms with Gasteiger partial charge in [-0.3, -0.25) is 0 Å². The van der Waals surface area contributed by atoms with Gasteiger partial charge in [-0.2, -0.15) is 0 Å². The van der Waals surface area contributed by atoms with Crippen molar-refractivity contribution in [2.24, 2.45) is 0 Å². The molecule has 0 aromatic heterocycles. The molecule has 0 aliphatic carbocycles. The van der Waals surface area contributed by atoms with E-state index in [1.807, 2.05) is 12.1 Å². The smallest absolute Gasteiger partial charge is 0.339 e. The Morgan fingerprint density at radius 2 is 2.12 bits per heavy atom. The van der Waals surface area contributed by atoms with Gasteiger partial charge in [0.05, 0.1) is 7.11 Å². The van der Waals surface area contributed by atoms with Gasteiger partial charge in [0.2, 0.25) is 0 Å². The highest BCUT2D eigenvalue weighted by Crippen LogP contribution is 2.30. The van der Waals surface area contributed by atoms with Crippen LogP contribution in [0.1, 0.15) is 34.7 Å². The molecule has 4 heteroatoms. The Hall–Kier alpha value is -1.55. The highest BCUT2D eigenvalue weighted by Gasteiger charge is 2.18. The molecule has 1 saturated heterocycles. The summed E-state index contributed by atoms with van der Waals surface area (Å²) in [7, 11) is 1.50. The zero-order valence-corrected chi connectivity index (χ0v) is 9.81. The monoisotopic (exact) mass is 236 g/mol. The number of carboxylic acid groups (broad SMARTS) is 1. The van der Waals surface area contributed by atoms with E-state index in [0.717, 1.165) is 31.6 Å². The fourth-order valence-corrected chi connectivity index (χ4v) is 2.17. The zero-order chi connectivity index (χ0) is 12.3. The highest BCUT2D eigenvalue weighted by molar-refractivity contribution is 5.91. The molecule has 0 atom stereocenters. The number of benzene rings is 1. The van der Waals surface area contributed by atoms with Gasteiger partial charge in [-0.25, -0.2) is 4.79 Å². The number of ether oxygens (including phenoxy) is 2. The van der Waals surface area contributed by atoms with E-state index < -0.39 is 5.97 Å². The second-order valence-electron chi connectivity index (χ2n) is 4.15. The quantitative estimate of drug-likeness (QED) is 0.874. The summed E-state index contributed by atoms with van der Waals surface area (Å²) in [5.74, 6) is -0.0811. The lowest BCUT2D eigenvalue weighted by atomic mass is 9.91. The summed E-state index contributed by atoms with van der Waals surface area (Å²) in [6.07, 6.45) is 1.96. The van der Waals surface area contributed by atoms with Gasteiger partial charge in [0, 0.05) is 13.2 Å². The molecule has 0 amide bonds. The Bertz CT molecular complexity index is 408. The molecule has 0 radical (unpaired) electrons. The van der Waals surface area contributed by atoms with Gasteiger partial charge >= 0.3 is 5.97 Å². The Morgan fingerprint density at radius 3 is 2.71 bits per heavy atom. The summed E-state index contributed by atoms with van der Waals surface area (Å²) in [5.41, 5.74) is 1.35. The summed E-state index contributed by atoms with van der Waals surface area (Å²) in [4.78, 5) is 11.0. The summed E-state index contributed by atoms with van der Waals surface area (Å²) in [5, 5.41) is 9.00. The SMILES string of the molecule is COc1cc(C2CCOCC2)ccc1C(=O)O. The topological polar surface area (TPSA) is 55.8 Å². The first kappa shape index (κ1) is 11.9. The number of rotatable bonds is 3. The first-order valence-electron chi connectivity index (χ1n) is 5.71. The van der Waals surface area contributed by atoms with Crippen LogP contribution in [0.25, 0.3) is 0 Å². The van der Waals surface area contributed by atoms with Crippen LogP contribution in [0.15, 0.2) is 18.2 Å². The van der Waals surface area contributed by atoms with Crippen molar-refractivity contribution in [3.8, 4) is 5.75 Å². The van der Waals surface area contributed by atoms with Crippen molar-refractivity contribution >= 4 is 5.97 Å². The van der Waals surface area contributed by atoms with Crippen molar-refractivity contribution in [2.45, 2.75) is 18.8 Å². The maximum atomic E-state index is 11.0. The average Bonchev–Trinajstić information content (AvgIpc) is 2.39. The summed E-state index contributed by atoms with van der Waals surface area (Å²) in [6.45, 7) is 1.54. The van der Waals surface area contributed by atoms with Crippen LogP contribution in [0.5, 0.6) is 5.75 Å². The van der Waals surface area contributed by atoms with Gasteiger partial charge in [-0.05, 0) is 36.5 Å². The van der Waals surface area contributed by atoms with Crippen LogP contribution in [0.2, 0.25) is 0 Å². The van der Waals surface area contributed by atoms with Crippen molar-refractivity contribution in [1.29, 1.82) is 0 Å². The van der Waals surface area contributed by atoms with Crippen LogP contribution < -0.4 is 4.74 Å². The number of carboxylic acids is 1. The van der Waals surface area contributed by atoms with Crippen molar-refractivity contribution < 1.29 is 19.4 Å². The van der Waals surface area contributed by atoms with Crippen molar-refractivity contribution in [2.75, 3.05) is 20.3 Å². The van der Waals surface area contributed by atoms with Gasteiger partial charge in [-0.1, -0.05) is 6.07 Å². The van der Waals surface area contributed by atoms with Crippen molar-refractivity contribution in [3.63, 3.8) is 0 Å². The third kappa shape index (κ3) is 2.58. The van der Waals surface area contributed by atoms with Crippen molar-refractivity contribution in [3.05, 3.63) is 29.3 Å². The highest BCUT2D eigenvalue weighted by atomic mass is 16.5. The predicted molar refractivity (Wildman–Crippen MR) is 62.7 cm³/mol. The minimum absolute atomic E-state index is 0.211. The largest absolute Gasteiger partial charge is 0.496 e. The molecular formula is C13H16O4. The Kier molecular flexibility index (Phi) is 3.64. The van der Waals surface area contributed by atoms with E-state index in [1.54, 1.807) is 6.07 Å². The maximum absolute atomic E-state index is 11.0. The van der Waals surface area contributed by atoms with E-state index in [-0.39, 0.29) is 5.56 Å². The minimum atomic E-state index is -0.958. The van der Waals surface area contributed by atoms with Gasteiger partial charge in [0.15, 0.2) is 0 Å². The molecule has 17 heavy (non-hydrogen) atoms. The van der Waals surface area contributed by atoms with Crippen LogP contribution in [0.3, 0.4) is 0 Å². The summed E-state index contributed by atoms with van der Waals surface area (Å²) in [6, 6.07) is 5.33. The summed E-state index contributed by atoms with van der Waals surface area (Å²) >= 11 is 0. The molecule has 0 bridgehead atoms. The number of carbonyl (C=O) groups is 1. The Labute approximate surface area is 100 Å². The van der Waals surface area contributed by atoms with E-state index in [4.69, 9.17) is 14.6 Å². The normalized spacial score (nSPS) is 16.8. The maximum Gasteiger partial charge on any atom is 0.339 e. The lowest BCUT2D eigenvalue weighted by molar-refractivity contribution is 0.0692. The standard InChI is InChI=1S/C13H16O4/c1-16-12-8-10(2-3-11(12)13(14)15)9-4-6-17-7-5-9/h2-3,8-9H,4-7H2,1H3,(H,14,15). The van der Waals surface area contributed by atoms with E-state index in [2.05, 4.69) is 0 Å². The van der Waals surface area contributed by atoms with Gasteiger partial charge < -0.3 is 14.6 Å². The fraction of sp³-hybridized carbons (Fsp3) is 0.462. The van der Waals surface area contributed by atoms with E-state index in [1.165, 1.54) is 7.11 Å². The second-order valence-corrected chi connectivity index (χ2v) is 4.15. The van der Waals surface area contributed by atoms with E-state index in [9.17, 15) is 4.79 Å². The molecule has 0 unspecified atom stereocenters. The van der Waals surface area contributed by atoms with E-state index >= 15 is 0 Å². The molecule has 2 rings (SSSR count). The Balaban J connectivity index is 2.27.